The molecule has 0 saturated heterocycles. The van der Waals surface area contributed by atoms with Crippen molar-refractivity contribution in [1.82, 2.24) is 14.9 Å². The molecule has 4 nitrogen and oxygen atoms in total. The van der Waals surface area contributed by atoms with Crippen LogP contribution < -0.4 is 5.32 Å². The van der Waals surface area contributed by atoms with Gasteiger partial charge in [0.2, 0.25) is 0 Å². The lowest BCUT2D eigenvalue weighted by atomic mass is 10.4. The highest BCUT2D eigenvalue weighted by molar-refractivity contribution is 4.73. The third-order valence-corrected chi connectivity index (χ3v) is 2.02. The number of nitrogens with one attached hydrogen (secondary N) is 1. The maximum absolute atomic E-state index is 11.7. The summed E-state index contributed by atoms with van der Waals surface area (Å²) in [5.41, 5.74) is 0. The molecule has 1 aromatic heterocycles. The zero-order chi connectivity index (χ0) is 12.6. The molecule has 7 heteroatoms. The van der Waals surface area contributed by atoms with E-state index in [1.807, 2.05) is 10.8 Å². The Morgan fingerprint density at radius 2 is 2.12 bits per heavy atom. The van der Waals surface area contributed by atoms with Gasteiger partial charge >= 0.3 is 6.18 Å². The van der Waals surface area contributed by atoms with E-state index in [0.717, 1.165) is 19.5 Å². The smallest absolute Gasteiger partial charge is 0.371 e. The summed E-state index contributed by atoms with van der Waals surface area (Å²) in [5.74, 6) is 0. The minimum Gasteiger partial charge on any atom is -0.371 e. The maximum atomic E-state index is 11.7. The Bertz CT molecular complexity index is 287. The summed E-state index contributed by atoms with van der Waals surface area (Å²) in [6, 6.07) is 0. The minimum atomic E-state index is -4.23. The van der Waals surface area contributed by atoms with Gasteiger partial charge in [-0.2, -0.15) is 13.2 Å². The Kier molecular flexibility index (Phi) is 5.99. The van der Waals surface area contributed by atoms with Crippen molar-refractivity contribution in [2.45, 2.75) is 19.1 Å². The molecule has 0 spiro atoms. The monoisotopic (exact) mass is 251 g/mol. The molecular formula is C10H16F3N3O. The van der Waals surface area contributed by atoms with Crippen LogP contribution in [-0.2, 0) is 11.3 Å². The van der Waals surface area contributed by atoms with Crippen molar-refractivity contribution in [2.24, 2.45) is 0 Å². The highest BCUT2D eigenvalue weighted by Gasteiger charge is 2.27. The first-order valence-corrected chi connectivity index (χ1v) is 5.39. The second-order valence-corrected chi connectivity index (χ2v) is 3.57. The molecule has 0 aromatic carbocycles. The molecule has 1 rings (SSSR count). The molecule has 0 bridgehead atoms. The lowest BCUT2D eigenvalue weighted by Gasteiger charge is -2.08. The molecule has 0 aliphatic carbocycles. The third kappa shape index (κ3) is 7.76. The van der Waals surface area contributed by atoms with Crippen LogP contribution >= 0.6 is 0 Å². The van der Waals surface area contributed by atoms with Gasteiger partial charge < -0.3 is 14.6 Å². The lowest BCUT2D eigenvalue weighted by Crippen LogP contribution is -2.25. The maximum Gasteiger partial charge on any atom is 0.411 e. The molecule has 98 valence electrons. The molecule has 1 N–H and O–H groups in total. The third-order valence-electron chi connectivity index (χ3n) is 2.02. The number of ether oxygens (including phenoxy) is 1. The van der Waals surface area contributed by atoms with Crippen LogP contribution in [0.4, 0.5) is 13.2 Å². The zero-order valence-corrected chi connectivity index (χ0v) is 9.41. The predicted octanol–water partition coefficient (Wildman–Crippen LogP) is 1.44. The average molecular weight is 251 g/mol. The molecule has 0 radical (unpaired) electrons. The van der Waals surface area contributed by atoms with Crippen molar-refractivity contribution in [3.8, 4) is 0 Å². The van der Waals surface area contributed by atoms with E-state index in [4.69, 9.17) is 0 Å². The van der Waals surface area contributed by atoms with Gasteiger partial charge in [-0.05, 0) is 13.0 Å². The minimum absolute atomic E-state index is 0.0740. The number of imidazole rings is 1. The standard InChI is InChI=1S/C10H16F3N3O/c11-10(12,13)8-17-7-4-14-2-1-5-16-6-3-15-9-16/h3,6,9,14H,1-2,4-5,7-8H2. The lowest BCUT2D eigenvalue weighted by molar-refractivity contribution is -0.173. The molecule has 0 fully saturated rings. The average Bonchev–Trinajstić information content (AvgIpc) is 2.73. The van der Waals surface area contributed by atoms with Gasteiger partial charge in [-0.25, -0.2) is 4.98 Å². The molecule has 17 heavy (non-hydrogen) atoms. The van der Waals surface area contributed by atoms with Gasteiger partial charge in [-0.1, -0.05) is 0 Å². The number of aromatic nitrogens is 2. The molecule has 0 aliphatic rings. The number of nitrogens with zero attached hydrogens (tertiary/aromatic N) is 2. The van der Waals surface area contributed by atoms with Crippen LogP contribution in [0, 0.1) is 0 Å². The fraction of sp³-hybridized carbons (Fsp3) is 0.700. The van der Waals surface area contributed by atoms with Crippen molar-refractivity contribution in [3.05, 3.63) is 18.7 Å². The summed E-state index contributed by atoms with van der Waals surface area (Å²) in [6.45, 7) is 0.915. The van der Waals surface area contributed by atoms with Gasteiger partial charge in [0, 0.05) is 25.5 Å². The summed E-state index contributed by atoms with van der Waals surface area (Å²) in [7, 11) is 0. The Morgan fingerprint density at radius 3 is 2.76 bits per heavy atom. The fourth-order valence-electron chi connectivity index (χ4n) is 1.26. The molecule has 1 aromatic rings. The van der Waals surface area contributed by atoms with E-state index in [1.165, 1.54) is 0 Å². The number of halogens is 3. The van der Waals surface area contributed by atoms with E-state index in [-0.39, 0.29) is 6.61 Å². The Balaban J connectivity index is 1.85. The van der Waals surface area contributed by atoms with Crippen molar-refractivity contribution in [3.63, 3.8) is 0 Å². The van der Waals surface area contributed by atoms with E-state index < -0.39 is 12.8 Å². The largest absolute Gasteiger partial charge is 0.411 e. The van der Waals surface area contributed by atoms with Gasteiger partial charge in [0.15, 0.2) is 0 Å². The van der Waals surface area contributed by atoms with Gasteiger partial charge in [-0.15, -0.1) is 0 Å². The molecule has 0 unspecified atom stereocenters. The van der Waals surface area contributed by atoms with E-state index in [1.54, 1.807) is 12.5 Å². The van der Waals surface area contributed by atoms with E-state index in [2.05, 4.69) is 15.0 Å². The van der Waals surface area contributed by atoms with Gasteiger partial charge in [-0.3, -0.25) is 0 Å². The summed E-state index contributed by atoms with van der Waals surface area (Å²) in [5, 5.41) is 3.01. The Hall–Kier alpha value is -1.08. The van der Waals surface area contributed by atoms with Crippen LogP contribution in [0.5, 0.6) is 0 Å². The van der Waals surface area contributed by atoms with Crippen molar-refractivity contribution in [2.75, 3.05) is 26.3 Å². The number of rotatable bonds is 8. The second kappa shape index (κ2) is 7.29. The Morgan fingerprint density at radius 1 is 1.29 bits per heavy atom. The molecule has 0 atom stereocenters. The normalized spacial score (nSPS) is 11.9. The molecule has 0 saturated carbocycles. The molecule has 1 heterocycles. The zero-order valence-electron chi connectivity index (χ0n) is 9.41. The predicted molar refractivity (Wildman–Crippen MR) is 56.6 cm³/mol. The first-order valence-electron chi connectivity index (χ1n) is 5.39. The van der Waals surface area contributed by atoms with Crippen LogP contribution in [0.15, 0.2) is 18.7 Å². The van der Waals surface area contributed by atoms with Crippen LogP contribution in [0.25, 0.3) is 0 Å². The van der Waals surface area contributed by atoms with Crippen molar-refractivity contribution < 1.29 is 17.9 Å². The summed E-state index contributed by atoms with van der Waals surface area (Å²) in [4.78, 5) is 3.90. The topological polar surface area (TPSA) is 39.1 Å². The first-order chi connectivity index (χ1) is 8.08. The SMILES string of the molecule is FC(F)(F)COCCNCCCn1ccnc1. The quantitative estimate of drug-likeness (QED) is 0.711. The molecule has 0 amide bonds. The summed E-state index contributed by atoms with van der Waals surface area (Å²) >= 11 is 0. The Labute approximate surface area is 97.8 Å². The number of alkyl halides is 3. The van der Waals surface area contributed by atoms with Gasteiger partial charge in [0.05, 0.1) is 12.9 Å². The van der Waals surface area contributed by atoms with Crippen molar-refractivity contribution in [1.29, 1.82) is 0 Å². The van der Waals surface area contributed by atoms with E-state index >= 15 is 0 Å². The van der Waals surface area contributed by atoms with E-state index in [0.29, 0.717) is 6.54 Å². The number of aryl methyl sites for hydroxylation is 1. The second-order valence-electron chi connectivity index (χ2n) is 3.57. The van der Waals surface area contributed by atoms with Gasteiger partial charge in [0.25, 0.3) is 0 Å². The molecular weight excluding hydrogens is 235 g/mol. The van der Waals surface area contributed by atoms with Crippen LogP contribution in [0.1, 0.15) is 6.42 Å². The highest BCUT2D eigenvalue weighted by atomic mass is 19.4. The number of hydrogen-bond acceptors (Lipinski definition) is 3. The highest BCUT2D eigenvalue weighted by Crippen LogP contribution is 2.13. The number of hydrogen-bond donors (Lipinski definition) is 1. The summed E-state index contributed by atoms with van der Waals surface area (Å²) < 4.78 is 41.5. The van der Waals surface area contributed by atoms with Crippen LogP contribution in [0.3, 0.4) is 0 Å². The van der Waals surface area contributed by atoms with Crippen molar-refractivity contribution >= 4 is 0 Å². The van der Waals surface area contributed by atoms with Gasteiger partial charge in [0.1, 0.15) is 6.61 Å². The first kappa shape index (κ1) is 14.0. The summed E-state index contributed by atoms with van der Waals surface area (Å²) in [6.07, 6.45) is 1.97. The van der Waals surface area contributed by atoms with E-state index in [9.17, 15) is 13.2 Å². The molecule has 0 aliphatic heterocycles. The van der Waals surface area contributed by atoms with Crippen LogP contribution in [-0.4, -0.2) is 42.0 Å². The van der Waals surface area contributed by atoms with Crippen LogP contribution in [0.2, 0.25) is 0 Å². The fourth-order valence-corrected chi connectivity index (χ4v) is 1.26.